The molecule has 3 aliphatic heterocycles. The monoisotopic (exact) mass is 1770 g/mol. The number of rotatable bonds is 9. The van der Waals surface area contributed by atoms with Gasteiger partial charge in [0.2, 0.25) is 0 Å². The van der Waals surface area contributed by atoms with Gasteiger partial charge in [-0.25, -0.2) is 43.7 Å². The van der Waals surface area contributed by atoms with Crippen molar-refractivity contribution < 1.29 is 31.4 Å². The van der Waals surface area contributed by atoms with Crippen molar-refractivity contribution in [1.82, 2.24) is 98.1 Å². The molecule has 1 fully saturated rings. The van der Waals surface area contributed by atoms with Crippen molar-refractivity contribution >= 4 is 44.0 Å². The molecule has 4 aliphatic rings. The fourth-order valence-corrected chi connectivity index (χ4v) is 15.4. The van der Waals surface area contributed by atoms with Crippen molar-refractivity contribution in [3.63, 3.8) is 0 Å². The van der Waals surface area contributed by atoms with Crippen molar-refractivity contribution in [2.24, 2.45) is 0 Å². The number of aromatic nitrogens is 20. The second kappa shape index (κ2) is 39.1. The fourth-order valence-electron chi connectivity index (χ4n) is 15.4. The quantitative estimate of drug-likeness (QED) is 0.123. The summed E-state index contributed by atoms with van der Waals surface area (Å²) in [5.41, 5.74) is 14.2. The van der Waals surface area contributed by atoms with E-state index in [-0.39, 0.29) is 82.1 Å². The van der Waals surface area contributed by atoms with Crippen LogP contribution in [0, 0.1) is 6.92 Å². The maximum atomic E-state index is 14.2. The zero-order chi connectivity index (χ0) is 93.2. The minimum absolute atomic E-state index is 0. The summed E-state index contributed by atoms with van der Waals surface area (Å²) in [4.78, 5) is 31.0. The fraction of sp³-hybridized carbons (Fsp3) is 0.520. The Morgan fingerprint density at radius 3 is 1.38 bits per heavy atom. The lowest BCUT2D eigenvalue weighted by Gasteiger charge is -2.25. The molecule has 1 aliphatic carbocycles. The van der Waals surface area contributed by atoms with Gasteiger partial charge in [0.05, 0.1) is 107 Å². The first-order valence-electron chi connectivity index (χ1n) is 45.1. The Morgan fingerprint density at radius 2 is 0.860 bits per heavy atom. The molecule has 27 heteroatoms. The van der Waals surface area contributed by atoms with Gasteiger partial charge in [0.25, 0.3) is 0 Å². The molecule has 0 bridgehead atoms. The lowest BCUT2D eigenvalue weighted by molar-refractivity contribution is -0.0918. The van der Waals surface area contributed by atoms with E-state index in [0.717, 1.165) is 98.7 Å². The Balaban J connectivity index is 0.000000146. The Morgan fingerprint density at radius 1 is 0.426 bits per heavy atom. The number of ether oxygens (including phenoxy) is 2. The average molecular weight is 1770 g/mol. The summed E-state index contributed by atoms with van der Waals surface area (Å²) in [5.74, 6) is 2.33. The van der Waals surface area contributed by atoms with E-state index in [1.165, 1.54) is 86.2 Å². The molecule has 692 valence electrons. The Bertz CT molecular complexity index is 5910. The van der Waals surface area contributed by atoms with Crippen LogP contribution in [0.15, 0.2) is 165 Å². The number of benzene rings is 3. The molecule has 0 radical (unpaired) electrons. The van der Waals surface area contributed by atoms with Gasteiger partial charge >= 0.3 is 12.1 Å². The third-order valence-corrected chi connectivity index (χ3v) is 23.2. The van der Waals surface area contributed by atoms with Crippen molar-refractivity contribution in [2.75, 3.05) is 13.2 Å². The smallest absolute Gasteiger partial charge is 0.345 e. The number of hydrogen-bond donors (Lipinski definition) is 0. The number of halogens is 5. The van der Waals surface area contributed by atoms with Crippen LogP contribution in [0.4, 0.5) is 22.0 Å². The van der Waals surface area contributed by atoms with Crippen LogP contribution in [-0.4, -0.2) is 111 Å². The van der Waals surface area contributed by atoms with Gasteiger partial charge in [-0.05, 0) is 86.2 Å². The third-order valence-electron chi connectivity index (χ3n) is 23.2. The molecule has 14 heterocycles. The van der Waals surface area contributed by atoms with Gasteiger partial charge in [-0.3, -0.25) is 19.0 Å². The van der Waals surface area contributed by atoms with Crippen LogP contribution in [0.5, 0.6) is 0 Å². The van der Waals surface area contributed by atoms with Crippen molar-refractivity contribution in [1.29, 1.82) is 0 Å². The predicted molar refractivity (Wildman–Crippen MR) is 505 cm³/mol. The second-order valence-electron chi connectivity index (χ2n) is 41.4. The molecule has 0 amide bonds. The zero-order valence-electron chi connectivity index (χ0n) is 80.0. The molecule has 0 spiro atoms. The van der Waals surface area contributed by atoms with E-state index in [2.05, 4.69) is 266 Å². The van der Waals surface area contributed by atoms with Crippen LogP contribution in [0.25, 0.3) is 44.0 Å². The molecule has 129 heavy (non-hydrogen) atoms. The van der Waals surface area contributed by atoms with E-state index < -0.39 is 18.3 Å². The van der Waals surface area contributed by atoms with Crippen LogP contribution in [0.3, 0.4) is 0 Å². The number of alkyl halides is 5. The van der Waals surface area contributed by atoms with E-state index in [0.29, 0.717) is 45.3 Å². The first-order valence-corrected chi connectivity index (χ1v) is 45.1. The van der Waals surface area contributed by atoms with Crippen LogP contribution < -0.4 is 0 Å². The topological polar surface area (TPSA) is 221 Å². The van der Waals surface area contributed by atoms with Crippen molar-refractivity contribution in [3.05, 3.63) is 244 Å². The van der Waals surface area contributed by atoms with Gasteiger partial charge in [-0.1, -0.05) is 264 Å². The molecule has 0 saturated heterocycles. The molecule has 11 aromatic heterocycles. The van der Waals surface area contributed by atoms with Gasteiger partial charge in [-0.2, -0.15) is 52.8 Å². The predicted octanol–water partition coefficient (Wildman–Crippen LogP) is 25.0. The van der Waals surface area contributed by atoms with Crippen molar-refractivity contribution in [2.45, 2.75) is 332 Å². The number of fused-ring (bicyclic) bond motifs is 7. The summed E-state index contributed by atoms with van der Waals surface area (Å²) in [6, 6.07) is 34.0. The molecule has 22 nitrogen and oxygen atoms in total. The zero-order valence-corrected chi connectivity index (χ0v) is 80.0. The van der Waals surface area contributed by atoms with Gasteiger partial charge in [0, 0.05) is 111 Å². The van der Waals surface area contributed by atoms with Gasteiger partial charge in [0.1, 0.15) is 41.5 Å². The molecule has 18 rings (SSSR count). The Labute approximate surface area is 759 Å². The van der Waals surface area contributed by atoms with Gasteiger partial charge in [0.15, 0.2) is 11.3 Å². The average Bonchev–Trinajstić information content (AvgIpc) is 1.63. The number of aryl methyl sites for hydroxylation is 1. The number of nitrogens with zero attached hydrogens (tertiary/aromatic N) is 20. The first kappa shape index (κ1) is 98.8. The normalized spacial score (nSPS) is 16.8. The number of pyridine rings is 1. The molecule has 0 N–H and O–H groups in total. The standard InChI is InChI=1S/C17H22N2O.C16H19FN2.C16H20N2O.C14H20N4.C13H17F2N3.C13H19N3.C12H16F2N4.CH4/c1-12-7-5-6-8-13(12)16-14-11-15(17(2,3)4)18-19(14)9-10-20-16;1-16(2,3)15-10-14-12(17)9-13(19(14)18-15)11-7-5-4-6-8-11;1-16(2,3)14-11-13-15(12-7-5-4-6-8-12)19-10-9-18(13)17-14;1-14(2,3)13-15-8-10-9-16-18(12(10)17-13)11-6-4-5-7-11;1-5-13(14,15)18-10-6-11(12(2,3)4)16-7-9(10)8-17-18;1-9(2)16-7-6-10-8-14-12(13(3,4)5)15-11(10)16;1-5-12(13,14)18-9-8(7-16-18)6-15-10(17-9)11(2,3)4;/h5-8,11,16H,9-10H2,1-4H3;4-8,10,12-13H,9H2,1-3H3;4-8,11,15H,9-10H2,1-3H3;8-9,11H,4-7H2,1-3H3;6-8H,5H2,1-4H3;6-9H,1-5H3;6-7H,5H2,1-4H3;1H4. The molecule has 14 aromatic rings. The maximum Gasteiger partial charge on any atom is 0.345 e. The van der Waals surface area contributed by atoms with E-state index in [9.17, 15) is 22.0 Å². The first-order chi connectivity index (χ1) is 59.9. The molecule has 1 saturated carbocycles. The van der Waals surface area contributed by atoms with Gasteiger partial charge in [-0.15, -0.1) is 0 Å². The summed E-state index contributed by atoms with van der Waals surface area (Å²) >= 11 is 0. The van der Waals surface area contributed by atoms with Crippen LogP contribution >= 0.6 is 0 Å². The highest BCUT2D eigenvalue weighted by molar-refractivity contribution is 5.79. The lowest BCUT2D eigenvalue weighted by atomic mass is 9.91. The van der Waals surface area contributed by atoms with Crippen LogP contribution in [0.2, 0.25) is 0 Å². The third kappa shape index (κ3) is 23.2. The molecular formula is C102H137F5N20O2. The van der Waals surface area contributed by atoms with E-state index in [1.54, 1.807) is 12.3 Å². The second-order valence-corrected chi connectivity index (χ2v) is 41.4. The highest BCUT2D eigenvalue weighted by atomic mass is 19.3. The minimum atomic E-state index is -3.02. The highest BCUT2D eigenvalue weighted by Crippen LogP contribution is 2.44. The molecule has 3 aromatic carbocycles. The number of hydrogen-bond acceptors (Lipinski definition) is 15. The van der Waals surface area contributed by atoms with Crippen molar-refractivity contribution in [3.8, 4) is 0 Å². The summed E-state index contributed by atoms with van der Waals surface area (Å²) in [5, 5.41) is 29.5. The van der Waals surface area contributed by atoms with E-state index in [4.69, 9.17) is 24.7 Å². The molecule has 4 atom stereocenters. The Hall–Kier alpha value is -10.8. The summed E-state index contributed by atoms with van der Waals surface area (Å²) < 4.78 is 93.0. The summed E-state index contributed by atoms with van der Waals surface area (Å²) in [6.45, 7) is 56.6. The van der Waals surface area contributed by atoms with E-state index >= 15 is 0 Å². The van der Waals surface area contributed by atoms with Gasteiger partial charge < -0.3 is 14.0 Å². The van der Waals surface area contributed by atoms with Crippen LogP contribution in [0.1, 0.15) is 342 Å². The maximum absolute atomic E-state index is 14.2. The lowest BCUT2D eigenvalue weighted by Crippen LogP contribution is -2.24. The largest absolute Gasteiger partial charge is 0.365 e. The molecular weight excluding hydrogens is 1630 g/mol. The summed E-state index contributed by atoms with van der Waals surface area (Å²) in [6.07, 6.45) is 17.8. The SMILES string of the molecule is C.CC(C)(C)c1cc2n(n1)C(c1ccccc1)CC2F.CC(C)(C)c1cc2n(n1)CCOC2c1ccccc1.CC(C)(C)c1ncc2cnn(C3CCCC3)c2n1.CC(C)n1ccc2cnc(C(C)(C)C)nc21.CCC(F)(F)n1ncc2cnc(C(C)(C)C)cc21.CCC(F)(F)n1ncc2cnc(C(C)(C)C)nc21.Cc1ccccc1C1OCCn2nc(C(C)(C)C)cc21. The molecule has 4 unspecified atom stereocenters. The van der Waals surface area contributed by atoms with E-state index in [1.807, 2.05) is 107 Å². The highest BCUT2D eigenvalue weighted by Gasteiger charge is 2.39. The van der Waals surface area contributed by atoms with Crippen LogP contribution in [-0.2, 0) is 72.6 Å². The Kier molecular flexibility index (Phi) is 29.9. The minimum Gasteiger partial charge on any atom is -0.365 e. The summed E-state index contributed by atoms with van der Waals surface area (Å²) in [7, 11) is 0.